The summed E-state index contributed by atoms with van der Waals surface area (Å²) in [7, 11) is 1.64. The molecule has 68 valence electrons. The van der Waals surface area contributed by atoms with Gasteiger partial charge in [-0.25, -0.2) is 9.50 Å². The molecule has 2 aromatic rings. The van der Waals surface area contributed by atoms with Crippen molar-refractivity contribution in [3.63, 3.8) is 0 Å². The minimum Gasteiger partial charge on any atom is -0.378 e. The molecule has 0 aromatic carbocycles. The summed E-state index contributed by atoms with van der Waals surface area (Å²) in [5.41, 5.74) is 1.65. The highest BCUT2D eigenvalue weighted by atomic mass is 32.1. The highest BCUT2D eigenvalue weighted by Gasteiger charge is 2.02. The van der Waals surface area contributed by atoms with Crippen molar-refractivity contribution in [2.75, 3.05) is 7.11 Å². The lowest BCUT2D eigenvalue weighted by Crippen LogP contribution is -1.98. The molecule has 5 heteroatoms. The third-order valence-corrected chi connectivity index (χ3v) is 2.00. The number of hydrogen-bond donors (Lipinski definition) is 1. The number of thiol groups is 1. The van der Waals surface area contributed by atoms with Crippen molar-refractivity contribution in [1.82, 2.24) is 14.6 Å². The summed E-state index contributed by atoms with van der Waals surface area (Å²) >= 11 is 4.28. The van der Waals surface area contributed by atoms with Crippen LogP contribution in [0.2, 0.25) is 0 Å². The molecule has 0 radical (unpaired) electrons. The zero-order valence-corrected chi connectivity index (χ0v) is 8.03. The van der Waals surface area contributed by atoms with Crippen molar-refractivity contribution in [3.05, 3.63) is 24.0 Å². The number of fused-ring (bicyclic) bond motifs is 1. The second kappa shape index (κ2) is 3.35. The Morgan fingerprint density at radius 2 is 2.46 bits per heavy atom. The van der Waals surface area contributed by atoms with Gasteiger partial charge in [-0.3, -0.25) is 0 Å². The predicted molar refractivity (Wildman–Crippen MR) is 51.0 cm³/mol. The minimum atomic E-state index is 0.495. The Labute approximate surface area is 81.0 Å². The quantitative estimate of drug-likeness (QED) is 0.577. The largest absolute Gasteiger partial charge is 0.378 e. The fraction of sp³-hybridized carbons (Fsp3) is 0.250. The fourth-order valence-electron chi connectivity index (χ4n) is 1.17. The molecule has 0 N–H and O–H groups in total. The summed E-state index contributed by atoms with van der Waals surface area (Å²) in [5.74, 6) is 0. The number of hydrogen-bond acceptors (Lipinski definition) is 4. The van der Waals surface area contributed by atoms with E-state index in [0.29, 0.717) is 6.61 Å². The molecule has 13 heavy (non-hydrogen) atoms. The summed E-state index contributed by atoms with van der Waals surface area (Å²) in [5, 5.41) is 4.82. The van der Waals surface area contributed by atoms with Crippen molar-refractivity contribution in [3.8, 4) is 0 Å². The first-order valence-electron chi connectivity index (χ1n) is 3.83. The fourth-order valence-corrected chi connectivity index (χ4v) is 1.47. The summed E-state index contributed by atoms with van der Waals surface area (Å²) in [6.45, 7) is 0.495. The zero-order chi connectivity index (χ0) is 9.26. The standard InChI is InChI=1S/C8H9N3OS/c1-12-5-6-4-8(13)11-7(10-6)2-3-9-11/h2-4,13H,5H2,1H3. The second-order valence-electron chi connectivity index (χ2n) is 2.64. The maximum absolute atomic E-state index is 4.98. The second-order valence-corrected chi connectivity index (χ2v) is 3.10. The number of nitrogens with zero attached hydrogens (tertiary/aromatic N) is 3. The van der Waals surface area contributed by atoms with Crippen molar-refractivity contribution in [1.29, 1.82) is 0 Å². The molecule has 4 nitrogen and oxygen atoms in total. The van der Waals surface area contributed by atoms with Crippen LogP contribution in [0.3, 0.4) is 0 Å². The lowest BCUT2D eigenvalue weighted by molar-refractivity contribution is 0.181. The van der Waals surface area contributed by atoms with Crippen LogP contribution >= 0.6 is 12.6 Å². The van der Waals surface area contributed by atoms with Gasteiger partial charge in [0.05, 0.1) is 23.5 Å². The Hall–Kier alpha value is -1.07. The lowest BCUT2D eigenvalue weighted by atomic mass is 10.4. The van der Waals surface area contributed by atoms with E-state index in [4.69, 9.17) is 4.74 Å². The molecule has 2 aromatic heterocycles. The van der Waals surface area contributed by atoms with Crippen LogP contribution in [-0.2, 0) is 11.3 Å². The van der Waals surface area contributed by atoms with Gasteiger partial charge in [0.25, 0.3) is 0 Å². The molecule has 0 unspecified atom stereocenters. The molecule has 0 aliphatic heterocycles. The molecule has 2 rings (SSSR count). The molecule has 0 fully saturated rings. The molecule has 0 saturated carbocycles. The average molecular weight is 195 g/mol. The molecule has 2 heterocycles. The van der Waals surface area contributed by atoms with E-state index in [1.807, 2.05) is 12.1 Å². The molecule has 0 amide bonds. The van der Waals surface area contributed by atoms with Gasteiger partial charge in [0.2, 0.25) is 0 Å². The Kier molecular flexibility index (Phi) is 2.20. The number of aromatic nitrogens is 3. The molecular weight excluding hydrogens is 186 g/mol. The van der Waals surface area contributed by atoms with E-state index in [-0.39, 0.29) is 0 Å². The Morgan fingerprint density at radius 3 is 3.23 bits per heavy atom. The van der Waals surface area contributed by atoms with Gasteiger partial charge >= 0.3 is 0 Å². The van der Waals surface area contributed by atoms with Crippen LogP contribution in [-0.4, -0.2) is 21.7 Å². The molecule has 0 saturated heterocycles. The summed E-state index contributed by atoms with van der Waals surface area (Å²) in [6, 6.07) is 3.67. The zero-order valence-electron chi connectivity index (χ0n) is 7.14. The summed E-state index contributed by atoms with van der Waals surface area (Å²) in [6.07, 6.45) is 1.69. The third kappa shape index (κ3) is 1.52. The van der Waals surface area contributed by atoms with Crippen LogP contribution in [0.15, 0.2) is 23.4 Å². The van der Waals surface area contributed by atoms with Gasteiger partial charge in [0, 0.05) is 13.2 Å². The van der Waals surface area contributed by atoms with Gasteiger partial charge in [-0.05, 0) is 6.07 Å². The highest BCUT2D eigenvalue weighted by Crippen LogP contribution is 2.10. The minimum absolute atomic E-state index is 0.495. The van der Waals surface area contributed by atoms with Crippen molar-refractivity contribution < 1.29 is 4.74 Å². The van der Waals surface area contributed by atoms with Crippen LogP contribution in [0.5, 0.6) is 0 Å². The van der Waals surface area contributed by atoms with Gasteiger partial charge in [-0.1, -0.05) is 0 Å². The van der Waals surface area contributed by atoms with Crippen LogP contribution in [0, 0.1) is 0 Å². The van der Waals surface area contributed by atoms with Crippen molar-refractivity contribution >= 4 is 18.3 Å². The average Bonchev–Trinajstić information content (AvgIpc) is 2.53. The van der Waals surface area contributed by atoms with Crippen LogP contribution in [0.4, 0.5) is 0 Å². The molecule has 0 aliphatic rings. The lowest BCUT2D eigenvalue weighted by Gasteiger charge is -2.02. The Morgan fingerprint density at radius 1 is 1.62 bits per heavy atom. The van der Waals surface area contributed by atoms with E-state index in [0.717, 1.165) is 16.4 Å². The molecule has 0 spiro atoms. The predicted octanol–water partition coefficient (Wildman–Crippen LogP) is 1.16. The van der Waals surface area contributed by atoms with E-state index in [9.17, 15) is 0 Å². The normalized spacial score (nSPS) is 10.9. The number of rotatable bonds is 2. The molecule has 0 bridgehead atoms. The molecule has 0 atom stereocenters. The van der Waals surface area contributed by atoms with Crippen molar-refractivity contribution in [2.45, 2.75) is 11.6 Å². The van der Waals surface area contributed by atoms with E-state index in [2.05, 4.69) is 22.7 Å². The summed E-state index contributed by atoms with van der Waals surface area (Å²) < 4.78 is 6.65. The van der Waals surface area contributed by atoms with E-state index in [1.54, 1.807) is 17.8 Å². The van der Waals surface area contributed by atoms with Crippen LogP contribution in [0.1, 0.15) is 5.69 Å². The Bertz CT molecular complexity index is 426. The van der Waals surface area contributed by atoms with E-state index >= 15 is 0 Å². The van der Waals surface area contributed by atoms with Gasteiger partial charge in [0.15, 0.2) is 5.65 Å². The SMILES string of the molecule is COCc1cc(S)n2nccc2n1. The highest BCUT2D eigenvalue weighted by molar-refractivity contribution is 7.80. The van der Waals surface area contributed by atoms with Crippen LogP contribution in [0.25, 0.3) is 5.65 Å². The van der Waals surface area contributed by atoms with Gasteiger partial charge in [-0.15, -0.1) is 12.6 Å². The monoisotopic (exact) mass is 195 g/mol. The first kappa shape index (κ1) is 8.52. The number of ether oxygens (including phenoxy) is 1. The third-order valence-electron chi connectivity index (χ3n) is 1.69. The van der Waals surface area contributed by atoms with Gasteiger partial charge in [-0.2, -0.15) is 5.10 Å². The van der Waals surface area contributed by atoms with Gasteiger partial charge in [0.1, 0.15) is 0 Å². The maximum atomic E-state index is 4.98. The topological polar surface area (TPSA) is 39.4 Å². The first-order valence-corrected chi connectivity index (χ1v) is 4.27. The Balaban J connectivity index is 2.56. The molecular formula is C8H9N3OS. The van der Waals surface area contributed by atoms with Crippen molar-refractivity contribution in [2.24, 2.45) is 0 Å². The van der Waals surface area contributed by atoms with Crippen LogP contribution < -0.4 is 0 Å². The van der Waals surface area contributed by atoms with Gasteiger partial charge < -0.3 is 4.74 Å². The number of methoxy groups -OCH3 is 1. The smallest absolute Gasteiger partial charge is 0.156 e. The first-order chi connectivity index (χ1) is 6.31. The van der Waals surface area contributed by atoms with E-state index in [1.165, 1.54) is 0 Å². The maximum Gasteiger partial charge on any atom is 0.156 e. The molecule has 0 aliphatic carbocycles. The van der Waals surface area contributed by atoms with E-state index < -0.39 is 0 Å². The summed E-state index contributed by atoms with van der Waals surface area (Å²) in [4.78, 5) is 4.31.